The minimum Gasteiger partial charge on any atom is -0.478 e. The quantitative estimate of drug-likeness (QED) is 0.778. The van der Waals surface area contributed by atoms with Gasteiger partial charge in [0.05, 0.1) is 11.1 Å². The SMILES string of the molecule is O=C(O)c1cccc2[nH]c(Cc3ccc(F)c(F)c3)nc12. The van der Waals surface area contributed by atoms with Gasteiger partial charge < -0.3 is 10.1 Å². The van der Waals surface area contributed by atoms with Crippen LogP contribution in [0.4, 0.5) is 8.78 Å². The Bertz CT molecular complexity index is 843. The molecule has 0 radical (unpaired) electrons. The van der Waals surface area contributed by atoms with Crippen LogP contribution < -0.4 is 0 Å². The summed E-state index contributed by atoms with van der Waals surface area (Å²) in [5.74, 6) is -2.40. The lowest BCUT2D eigenvalue weighted by molar-refractivity contribution is 0.0699. The number of imidazole rings is 1. The maximum atomic E-state index is 13.2. The molecule has 0 amide bonds. The van der Waals surface area contributed by atoms with Gasteiger partial charge >= 0.3 is 5.97 Å². The molecule has 0 bridgehead atoms. The van der Waals surface area contributed by atoms with Crippen LogP contribution in [0.1, 0.15) is 21.7 Å². The molecule has 1 aromatic heterocycles. The van der Waals surface area contributed by atoms with Gasteiger partial charge in [0.2, 0.25) is 0 Å². The molecular weight excluding hydrogens is 278 g/mol. The molecule has 0 aliphatic carbocycles. The topological polar surface area (TPSA) is 66.0 Å². The molecule has 0 aliphatic rings. The fourth-order valence-corrected chi connectivity index (χ4v) is 2.18. The first kappa shape index (κ1) is 13.2. The van der Waals surface area contributed by atoms with E-state index in [4.69, 9.17) is 5.11 Å². The van der Waals surface area contributed by atoms with Crippen molar-refractivity contribution in [1.29, 1.82) is 0 Å². The predicted molar refractivity (Wildman–Crippen MR) is 72.2 cm³/mol. The summed E-state index contributed by atoms with van der Waals surface area (Å²) in [5.41, 5.74) is 1.58. The van der Waals surface area contributed by atoms with E-state index in [1.807, 2.05) is 0 Å². The maximum absolute atomic E-state index is 13.2. The van der Waals surface area contributed by atoms with Crippen molar-refractivity contribution >= 4 is 17.0 Å². The first-order valence-corrected chi connectivity index (χ1v) is 6.19. The fourth-order valence-electron chi connectivity index (χ4n) is 2.18. The zero-order valence-corrected chi connectivity index (χ0v) is 10.7. The van der Waals surface area contributed by atoms with Crippen molar-refractivity contribution in [3.63, 3.8) is 0 Å². The van der Waals surface area contributed by atoms with E-state index >= 15 is 0 Å². The number of carboxylic acid groups (broad SMARTS) is 1. The number of aromatic carboxylic acids is 1. The molecule has 0 fully saturated rings. The number of aromatic amines is 1. The number of halogens is 2. The van der Waals surface area contributed by atoms with Crippen molar-refractivity contribution in [3.8, 4) is 0 Å². The summed E-state index contributed by atoms with van der Waals surface area (Å²) in [4.78, 5) is 18.3. The van der Waals surface area contributed by atoms with Gasteiger partial charge in [-0.1, -0.05) is 12.1 Å². The van der Waals surface area contributed by atoms with Crippen molar-refractivity contribution < 1.29 is 18.7 Å². The van der Waals surface area contributed by atoms with Gasteiger partial charge in [-0.3, -0.25) is 0 Å². The number of para-hydroxylation sites is 1. The third kappa shape index (κ3) is 2.47. The van der Waals surface area contributed by atoms with Crippen molar-refractivity contribution in [2.75, 3.05) is 0 Å². The van der Waals surface area contributed by atoms with Crippen molar-refractivity contribution in [3.05, 3.63) is 65.0 Å². The second-order valence-corrected chi connectivity index (χ2v) is 4.62. The first-order chi connectivity index (χ1) is 10.0. The van der Waals surface area contributed by atoms with Crippen LogP contribution in [0.3, 0.4) is 0 Å². The normalized spacial score (nSPS) is 11.0. The van der Waals surface area contributed by atoms with E-state index in [1.165, 1.54) is 12.1 Å². The number of benzene rings is 2. The Balaban J connectivity index is 1.99. The highest BCUT2D eigenvalue weighted by molar-refractivity contribution is 6.00. The lowest BCUT2D eigenvalue weighted by atomic mass is 10.1. The van der Waals surface area contributed by atoms with Gasteiger partial charge in [0.1, 0.15) is 11.3 Å². The molecule has 21 heavy (non-hydrogen) atoms. The number of carboxylic acids is 1. The zero-order valence-electron chi connectivity index (χ0n) is 10.7. The van der Waals surface area contributed by atoms with Crippen molar-refractivity contribution in [2.24, 2.45) is 0 Å². The fraction of sp³-hybridized carbons (Fsp3) is 0.0667. The third-order valence-electron chi connectivity index (χ3n) is 3.15. The van der Waals surface area contributed by atoms with E-state index in [0.717, 1.165) is 12.1 Å². The van der Waals surface area contributed by atoms with Crippen molar-refractivity contribution in [1.82, 2.24) is 9.97 Å². The Morgan fingerprint density at radius 3 is 2.71 bits per heavy atom. The maximum Gasteiger partial charge on any atom is 0.337 e. The molecule has 3 rings (SSSR count). The molecule has 0 saturated heterocycles. The van der Waals surface area contributed by atoms with Gasteiger partial charge in [0, 0.05) is 6.42 Å². The summed E-state index contributed by atoms with van der Waals surface area (Å²) < 4.78 is 26.1. The highest BCUT2D eigenvalue weighted by Gasteiger charge is 2.13. The van der Waals surface area contributed by atoms with Gasteiger partial charge in [-0.05, 0) is 29.8 Å². The monoisotopic (exact) mass is 288 g/mol. The van der Waals surface area contributed by atoms with Crippen LogP contribution in [0.15, 0.2) is 36.4 Å². The molecule has 1 heterocycles. The largest absolute Gasteiger partial charge is 0.478 e. The van der Waals surface area contributed by atoms with Gasteiger partial charge in [0.15, 0.2) is 11.6 Å². The number of nitrogens with one attached hydrogen (secondary N) is 1. The van der Waals surface area contributed by atoms with E-state index in [9.17, 15) is 13.6 Å². The lowest BCUT2D eigenvalue weighted by Gasteiger charge is -1.99. The molecule has 0 unspecified atom stereocenters. The van der Waals surface area contributed by atoms with E-state index < -0.39 is 17.6 Å². The van der Waals surface area contributed by atoms with Crippen LogP contribution in [-0.4, -0.2) is 21.0 Å². The summed E-state index contributed by atoms with van der Waals surface area (Å²) >= 11 is 0. The van der Waals surface area contributed by atoms with Crippen LogP contribution in [0, 0.1) is 11.6 Å². The van der Waals surface area contributed by atoms with E-state index in [-0.39, 0.29) is 12.0 Å². The van der Waals surface area contributed by atoms with Crippen LogP contribution >= 0.6 is 0 Å². The number of fused-ring (bicyclic) bond motifs is 1. The molecule has 3 aromatic rings. The molecule has 0 saturated carbocycles. The highest BCUT2D eigenvalue weighted by atomic mass is 19.2. The summed E-state index contributed by atoms with van der Waals surface area (Å²) in [6.45, 7) is 0. The second kappa shape index (κ2) is 4.97. The highest BCUT2D eigenvalue weighted by Crippen LogP contribution is 2.19. The minimum atomic E-state index is -1.06. The van der Waals surface area contributed by atoms with Crippen LogP contribution in [0.5, 0.6) is 0 Å². The summed E-state index contributed by atoms with van der Waals surface area (Å²) in [6, 6.07) is 8.40. The van der Waals surface area contributed by atoms with E-state index in [0.29, 0.717) is 22.4 Å². The van der Waals surface area contributed by atoms with Crippen molar-refractivity contribution in [2.45, 2.75) is 6.42 Å². The van der Waals surface area contributed by atoms with Crippen LogP contribution in [0.25, 0.3) is 11.0 Å². The average Bonchev–Trinajstić information content (AvgIpc) is 2.84. The number of rotatable bonds is 3. The standard InChI is InChI=1S/C15H10F2N2O2/c16-10-5-4-8(6-11(10)17)7-13-18-12-3-1-2-9(15(20)21)14(12)19-13/h1-6H,7H2,(H,18,19)(H,20,21). The molecule has 2 N–H and O–H groups in total. The Morgan fingerprint density at radius 2 is 2.00 bits per heavy atom. The lowest BCUT2D eigenvalue weighted by Crippen LogP contribution is -1.97. The predicted octanol–water partition coefficient (Wildman–Crippen LogP) is 3.13. The number of nitrogens with zero attached hydrogens (tertiary/aromatic N) is 1. The molecule has 0 spiro atoms. The van der Waals surface area contributed by atoms with E-state index in [1.54, 1.807) is 12.1 Å². The Hall–Kier alpha value is -2.76. The van der Waals surface area contributed by atoms with Crippen LogP contribution in [-0.2, 0) is 6.42 Å². The smallest absolute Gasteiger partial charge is 0.337 e. The summed E-state index contributed by atoms with van der Waals surface area (Å²) in [5, 5.41) is 9.10. The number of carbonyl (C=O) groups is 1. The van der Waals surface area contributed by atoms with Gasteiger partial charge in [-0.25, -0.2) is 18.6 Å². The number of H-pyrrole nitrogens is 1. The van der Waals surface area contributed by atoms with Gasteiger partial charge in [-0.2, -0.15) is 0 Å². The van der Waals surface area contributed by atoms with E-state index in [2.05, 4.69) is 9.97 Å². The summed E-state index contributed by atoms with van der Waals surface area (Å²) in [7, 11) is 0. The molecule has 6 heteroatoms. The second-order valence-electron chi connectivity index (χ2n) is 4.62. The van der Waals surface area contributed by atoms with Gasteiger partial charge in [-0.15, -0.1) is 0 Å². The Labute approximate surface area is 118 Å². The number of aromatic nitrogens is 2. The zero-order chi connectivity index (χ0) is 15.0. The number of hydrogen-bond acceptors (Lipinski definition) is 2. The molecule has 2 aromatic carbocycles. The van der Waals surface area contributed by atoms with Gasteiger partial charge in [0.25, 0.3) is 0 Å². The molecule has 0 atom stereocenters. The Morgan fingerprint density at radius 1 is 1.19 bits per heavy atom. The molecular formula is C15H10F2N2O2. The van der Waals surface area contributed by atoms with Crippen LogP contribution in [0.2, 0.25) is 0 Å². The average molecular weight is 288 g/mol. The molecule has 0 aliphatic heterocycles. The summed E-state index contributed by atoms with van der Waals surface area (Å²) in [6.07, 6.45) is 0.255. The minimum absolute atomic E-state index is 0.0975. The Kier molecular flexibility index (Phi) is 3.13. The molecule has 106 valence electrons. The third-order valence-corrected chi connectivity index (χ3v) is 3.15. The first-order valence-electron chi connectivity index (χ1n) is 6.19. The molecule has 4 nitrogen and oxygen atoms in total. The number of hydrogen-bond donors (Lipinski definition) is 2.